The van der Waals surface area contributed by atoms with Crippen LogP contribution in [0.15, 0.2) is 57.7 Å². The largest absolute Gasteiger partial charge is 0.465 e. The van der Waals surface area contributed by atoms with E-state index in [0.717, 1.165) is 5.69 Å². The molecule has 0 saturated heterocycles. The maximum atomic E-state index is 10.4. The molecule has 3 aromatic rings. The number of aliphatic hydroxyl groups excluding tert-OH is 1. The van der Waals surface area contributed by atoms with Crippen LogP contribution in [-0.2, 0) is 0 Å². The molecule has 0 amide bonds. The molecule has 1 atom stereocenters. The van der Waals surface area contributed by atoms with Crippen molar-refractivity contribution in [3.63, 3.8) is 0 Å². The summed E-state index contributed by atoms with van der Waals surface area (Å²) in [5.74, 6) is 0.430. The average molecular weight is 320 g/mol. The zero-order valence-electron chi connectivity index (χ0n) is 9.77. The Labute approximate surface area is 117 Å². The van der Waals surface area contributed by atoms with Gasteiger partial charge < -0.3 is 9.52 Å². The maximum Gasteiger partial charge on any atom is 0.156 e. The molecule has 0 radical (unpaired) electrons. The van der Waals surface area contributed by atoms with E-state index in [9.17, 15) is 5.11 Å². The van der Waals surface area contributed by atoms with E-state index in [1.54, 1.807) is 10.7 Å². The minimum absolute atomic E-state index is 0.430. The highest BCUT2D eigenvalue weighted by molar-refractivity contribution is 9.10. The van der Waals surface area contributed by atoms with Gasteiger partial charge in [0.1, 0.15) is 5.69 Å². The van der Waals surface area contributed by atoms with E-state index in [2.05, 4.69) is 26.2 Å². The molecule has 5 nitrogen and oxygen atoms in total. The van der Waals surface area contributed by atoms with Crippen molar-refractivity contribution in [3.8, 4) is 5.69 Å². The number of halogens is 1. The third kappa shape index (κ3) is 2.20. The van der Waals surface area contributed by atoms with Crippen LogP contribution in [0.5, 0.6) is 0 Å². The van der Waals surface area contributed by atoms with Crippen LogP contribution < -0.4 is 0 Å². The van der Waals surface area contributed by atoms with Gasteiger partial charge in [0.15, 0.2) is 11.9 Å². The minimum atomic E-state index is -0.931. The smallest absolute Gasteiger partial charge is 0.156 e. The molecule has 0 aliphatic heterocycles. The summed E-state index contributed by atoms with van der Waals surface area (Å²) in [7, 11) is 0. The molecule has 96 valence electrons. The molecule has 0 aliphatic carbocycles. The quantitative estimate of drug-likeness (QED) is 0.806. The number of benzene rings is 1. The van der Waals surface area contributed by atoms with Crippen LogP contribution in [0.1, 0.15) is 17.6 Å². The Balaban J connectivity index is 2.04. The number of aliphatic hydroxyl groups is 1. The van der Waals surface area contributed by atoms with E-state index in [-0.39, 0.29) is 0 Å². The number of rotatable bonds is 3. The van der Waals surface area contributed by atoms with E-state index >= 15 is 0 Å². The van der Waals surface area contributed by atoms with E-state index in [0.29, 0.717) is 15.9 Å². The van der Waals surface area contributed by atoms with E-state index in [1.807, 2.05) is 30.3 Å². The average Bonchev–Trinajstić information content (AvgIpc) is 3.07. The Morgan fingerprint density at radius 2 is 2.00 bits per heavy atom. The highest BCUT2D eigenvalue weighted by Crippen LogP contribution is 2.29. The summed E-state index contributed by atoms with van der Waals surface area (Å²) in [6, 6.07) is 11.2. The van der Waals surface area contributed by atoms with Gasteiger partial charge in [0.2, 0.25) is 0 Å². The lowest BCUT2D eigenvalue weighted by molar-refractivity contribution is 0.181. The summed E-state index contributed by atoms with van der Waals surface area (Å²) in [5.41, 5.74) is 1.37. The summed E-state index contributed by atoms with van der Waals surface area (Å²) in [4.78, 5) is 0. The molecule has 1 N–H and O–H groups in total. The molecule has 2 heterocycles. The fourth-order valence-electron chi connectivity index (χ4n) is 1.83. The molecule has 6 heteroatoms. The zero-order chi connectivity index (χ0) is 13.2. The van der Waals surface area contributed by atoms with E-state index < -0.39 is 6.10 Å². The van der Waals surface area contributed by atoms with Gasteiger partial charge in [-0.3, -0.25) is 0 Å². The van der Waals surface area contributed by atoms with Gasteiger partial charge in [-0.1, -0.05) is 23.4 Å². The first-order valence-corrected chi connectivity index (χ1v) is 6.43. The number of nitrogens with zero attached hydrogens (tertiary/aromatic N) is 3. The van der Waals surface area contributed by atoms with Crippen LogP contribution in [0, 0.1) is 0 Å². The zero-order valence-corrected chi connectivity index (χ0v) is 11.4. The van der Waals surface area contributed by atoms with Crippen molar-refractivity contribution < 1.29 is 9.52 Å². The standard InChI is InChI=1S/C13H10BrN3O2/c14-10-6-7-19-13(10)12(18)11-8-15-16-17(11)9-4-2-1-3-5-9/h1-8,12,18H. The highest BCUT2D eigenvalue weighted by atomic mass is 79.9. The monoisotopic (exact) mass is 319 g/mol. The second-order valence-corrected chi connectivity index (χ2v) is 4.80. The van der Waals surface area contributed by atoms with Crippen molar-refractivity contribution >= 4 is 15.9 Å². The number of aromatic nitrogens is 3. The van der Waals surface area contributed by atoms with Gasteiger partial charge in [-0.05, 0) is 34.1 Å². The van der Waals surface area contributed by atoms with E-state index in [1.165, 1.54) is 12.5 Å². The molecule has 3 rings (SSSR count). The van der Waals surface area contributed by atoms with Crippen LogP contribution in [0.2, 0.25) is 0 Å². The molecule has 2 aromatic heterocycles. The van der Waals surface area contributed by atoms with Gasteiger partial charge in [-0.15, -0.1) is 5.10 Å². The molecular weight excluding hydrogens is 310 g/mol. The normalized spacial score (nSPS) is 12.5. The Morgan fingerprint density at radius 3 is 2.68 bits per heavy atom. The fourth-order valence-corrected chi connectivity index (χ4v) is 2.25. The van der Waals surface area contributed by atoms with Gasteiger partial charge >= 0.3 is 0 Å². The first kappa shape index (κ1) is 12.1. The van der Waals surface area contributed by atoms with Crippen LogP contribution in [0.4, 0.5) is 0 Å². The first-order chi connectivity index (χ1) is 9.27. The SMILES string of the molecule is OC(c1occc1Br)c1cnnn1-c1ccccc1. The lowest BCUT2D eigenvalue weighted by atomic mass is 10.2. The lowest BCUT2D eigenvalue weighted by Crippen LogP contribution is -2.08. The maximum absolute atomic E-state index is 10.4. The Morgan fingerprint density at radius 1 is 1.21 bits per heavy atom. The molecule has 0 aliphatic rings. The Kier molecular flexibility index (Phi) is 3.18. The Hall–Kier alpha value is -1.92. The van der Waals surface area contributed by atoms with Crippen molar-refractivity contribution in [1.29, 1.82) is 0 Å². The Bertz CT molecular complexity index is 678. The molecule has 0 spiro atoms. The molecular formula is C13H10BrN3O2. The summed E-state index contributed by atoms with van der Waals surface area (Å²) in [6.07, 6.45) is 2.10. The summed E-state index contributed by atoms with van der Waals surface area (Å²) < 4.78 is 7.57. The lowest BCUT2D eigenvalue weighted by Gasteiger charge is -2.10. The van der Waals surface area contributed by atoms with Crippen LogP contribution in [0.25, 0.3) is 5.69 Å². The predicted molar refractivity (Wildman–Crippen MR) is 71.8 cm³/mol. The molecule has 0 bridgehead atoms. The molecule has 0 fully saturated rings. The predicted octanol–water partition coefficient (Wildman–Crippen LogP) is 2.70. The third-order valence-electron chi connectivity index (χ3n) is 2.75. The molecule has 1 unspecified atom stereocenters. The summed E-state index contributed by atoms with van der Waals surface area (Å²) in [6.45, 7) is 0. The second-order valence-electron chi connectivity index (χ2n) is 3.94. The van der Waals surface area contributed by atoms with Gasteiger partial charge in [-0.2, -0.15) is 0 Å². The fraction of sp³-hybridized carbons (Fsp3) is 0.0769. The summed E-state index contributed by atoms with van der Waals surface area (Å²) >= 11 is 3.33. The van der Waals surface area contributed by atoms with Gasteiger partial charge in [0.05, 0.1) is 22.6 Å². The van der Waals surface area contributed by atoms with Crippen LogP contribution in [0.3, 0.4) is 0 Å². The van der Waals surface area contributed by atoms with Crippen LogP contribution in [-0.4, -0.2) is 20.1 Å². The molecule has 19 heavy (non-hydrogen) atoms. The van der Waals surface area contributed by atoms with Crippen molar-refractivity contribution in [3.05, 3.63) is 64.8 Å². The van der Waals surface area contributed by atoms with Gasteiger partial charge in [0.25, 0.3) is 0 Å². The first-order valence-electron chi connectivity index (χ1n) is 5.64. The van der Waals surface area contributed by atoms with Gasteiger partial charge in [-0.25, -0.2) is 4.68 Å². The van der Waals surface area contributed by atoms with Crippen molar-refractivity contribution in [1.82, 2.24) is 15.0 Å². The minimum Gasteiger partial charge on any atom is -0.465 e. The van der Waals surface area contributed by atoms with Crippen molar-refractivity contribution in [2.45, 2.75) is 6.10 Å². The van der Waals surface area contributed by atoms with Crippen molar-refractivity contribution in [2.24, 2.45) is 0 Å². The second kappa shape index (κ2) is 4.99. The summed E-state index contributed by atoms with van der Waals surface area (Å²) in [5, 5.41) is 18.2. The van der Waals surface area contributed by atoms with Crippen molar-refractivity contribution in [2.75, 3.05) is 0 Å². The molecule has 1 aromatic carbocycles. The van der Waals surface area contributed by atoms with Gasteiger partial charge in [0, 0.05) is 0 Å². The number of furan rings is 1. The molecule has 0 saturated carbocycles. The van der Waals surface area contributed by atoms with E-state index in [4.69, 9.17) is 4.42 Å². The third-order valence-corrected chi connectivity index (χ3v) is 3.40. The number of hydrogen-bond acceptors (Lipinski definition) is 4. The van der Waals surface area contributed by atoms with Crippen LogP contribution >= 0.6 is 15.9 Å². The topological polar surface area (TPSA) is 64.1 Å². The highest BCUT2D eigenvalue weighted by Gasteiger charge is 2.22. The number of para-hydroxylation sites is 1. The number of hydrogen-bond donors (Lipinski definition) is 1.